The molecule has 0 heterocycles. The third-order valence-electron chi connectivity index (χ3n) is 2.87. The molecule has 0 aliphatic heterocycles. The molecular weight excluding hydrogens is 226 g/mol. The summed E-state index contributed by atoms with van der Waals surface area (Å²) in [4.78, 5) is 13.0. The lowest BCUT2D eigenvalue weighted by Gasteiger charge is -2.22. The van der Waals surface area contributed by atoms with Gasteiger partial charge in [-0.25, -0.2) is 0 Å². The number of benzene rings is 1. The van der Waals surface area contributed by atoms with Crippen molar-refractivity contribution in [1.82, 2.24) is 4.90 Å². The van der Waals surface area contributed by atoms with E-state index < -0.39 is 5.97 Å². The van der Waals surface area contributed by atoms with Gasteiger partial charge in [-0.05, 0) is 12.5 Å². The molecule has 0 bridgehead atoms. The molecule has 0 saturated carbocycles. The zero-order chi connectivity index (χ0) is 13.5. The number of aryl methyl sites for hydroxylation is 1. The Morgan fingerprint density at radius 3 is 2.56 bits per heavy atom. The fourth-order valence-corrected chi connectivity index (χ4v) is 1.80. The van der Waals surface area contributed by atoms with E-state index >= 15 is 0 Å². The first kappa shape index (κ1) is 14.5. The third-order valence-corrected chi connectivity index (χ3v) is 2.87. The largest absolute Gasteiger partial charge is 0.481 e. The van der Waals surface area contributed by atoms with Crippen LogP contribution in [0.15, 0.2) is 36.9 Å². The number of carboxylic acid groups (broad SMARTS) is 1. The second kappa shape index (κ2) is 6.97. The summed E-state index contributed by atoms with van der Waals surface area (Å²) in [7, 11) is 0. The van der Waals surface area contributed by atoms with Gasteiger partial charge in [0.05, 0.1) is 5.92 Å². The summed E-state index contributed by atoms with van der Waals surface area (Å²) in [5.41, 5.74) is 2.42. The molecule has 0 spiro atoms. The number of carbonyl (C=O) groups is 1. The van der Waals surface area contributed by atoms with Crippen LogP contribution >= 0.6 is 0 Å². The second-order valence-electron chi connectivity index (χ2n) is 4.71. The van der Waals surface area contributed by atoms with E-state index in [1.165, 1.54) is 11.1 Å². The number of aliphatic carboxylic acids is 1. The number of hydrogen-bond acceptors (Lipinski definition) is 2. The van der Waals surface area contributed by atoms with Crippen molar-refractivity contribution >= 4 is 5.97 Å². The lowest BCUT2D eigenvalue weighted by atomic mass is 10.1. The van der Waals surface area contributed by atoms with Crippen molar-refractivity contribution in [2.24, 2.45) is 5.92 Å². The minimum atomic E-state index is -0.757. The van der Waals surface area contributed by atoms with E-state index in [2.05, 4.69) is 42.7 Å². The predicted molar refractivity (Wildman–Crippen MR) is 73.5 cm³/mol. The quantitative estimate of drug-likeness (QED) is 0.753. The zero-order valence-corrected chi connectivity index (χ0v) is 11.1. The Labute approximate surface area is 109 Å². The molecule has 0 amide bonds. The highest BCUT2D eigenvalue weighted by Gasteiger charge is 2.15. The first-order valence-corrected chi connectivity index (χ1v) is 6.14. The lowest BCUT2D eigenvalue weighted by molar-refractivity contribution is -0.141. The van der Waals surface area contributed by atoms with Gasteiger partial charge in [0, 0.05) is 19.6 Å². The van der Waals surface area contributed by atoms with Crippen LogP contribution in [0.1, 0.15) is 18.1 Å². The Morgan fingerprint density at radius 2 is 2.06 bits per heavy atom. The maximum absolute atomic E-state index is 10.9. The summed E-state index contributed by atoms with van der Waals surface area (Å²) >= 11 is 0. The van der Waals surface area contributed by atoms with Gasteiger partial charge >= 0.3 is 5.97 Å². The Balaban J connectivity index is 2.64. The standard InChI is InChI=1S/C15H21NO2/c1-4-9-16(10-13(3)15(17)18)11-14-7-5-12(2)6-8-14/h4-8,13H,1,9-11H2,2-3H3,(H,17,18). The molecule has 3 heteroatoms. The van der Waals surface area contributed by atoms with Crippen molar-refractivity contribution in [1.29, 1.82) is 0 Å². The van der Waals surface area contributed by atoms with Crippen molar-refractivity contribution in [3.63, 3.8) is 0 Å². The van der Waals surface area contributed by atoms with E-state index in [9.17, 15) is 4.79 Å². The molecule has 0 aliphatic carbocycles. The van der Waals surface area contributed by atoms with Crippen LogP contribution in [0.25, 0.3) is 0 Å². The van der Waals surface area contributed by atoms with E-state index in [0.29, 0.717) is 13.1 Å². The Morgan fingerprint density at radius 1 is 1.44 bits per heavy atom. The SMILES string of the molecule is C=CCN(Cc1ccc(C)cc1)CC(C)C(=O)O. The first-order chi connectivity index (χ1) is 8.52. The van der Waals surface area contributed by atoms with Crippen molar-refractivity contribution in [3.05, 3.63) is 48.0 Å². The molecule has 1 atom stereocenters. The van der Waals surface area contributed by atoms with Gasteiger partial charge in [-0.1, -0.05) is 42.8 Å². The second-order valence-corrected chi connectivity index (χ2v) is 4.71. The number of rotatable bonds is 7. The topological polar surface area (TPSA) is 40.5 Å². The van der Waals surface area contributed by atoms with Gasteiger partial charge in [-0.2, -0.15) is 0 Å². The molecule has 18 heavy (non-hydrogen) atoms. The van der Waals surface area contributed by atoms with Crippen molar-refractivity contribution in [2.45, 2.75) is 20.4 Å². The summed E-state index contributed by atoms with van der Waals surface area (Å²) in [5, 5.41) is 8.95. The third kappa shape index (κ3) is 4.72. The van der Waals surface area contributed by atoms with E-state index in [1.807, 2.05) is 6.08 Å². The Hall–Kier alpha value is -1.61. The number of nitrogens with zero attached hydrogens (tertiary/aromatic N) is 1. The van der Waals surface area contributed by atoms with Gasteiger partial charge in [-0.3, -0.25) is 9.69 Å². The Kier molecular flexibility index (Phi) is 5.59. The van der Waals surface area contributed by atoms with Gasteiger partial charge < -0.3 is 5.11 Å². The van der Waals surface area contributed by atoms with Crippen LogP contribution in [0, 0.1) is 12.8 Å². The predicted octanol–water partition coefficient (Wildman–Crippen LogP) is 2.70. The average Bonchev–Trinajstić information content (AvgIpc) is 2.32. The molecule has 3 nitrogen and oxygen atoms in total. The van der Waals surface area contributed by atoms with Gasteiger partial charge in [0.2, 0.25) is 0 Å². The highest BCUT2D eigenvalue weighted by atomic mass is 16.4. The highest BCUT2D eigenvalue weighted by Crippen LogP contribution is 2.09. The normalized spacial score (nSPS) is 12.4. The summed E-state index contributed by atoms with van der Waals surface area (Å²) in [6, 6.07) is 8.30. The summed E-state index contributed by atoms with van der Waals surface area (Å²) < 4.78 is 0. The average molecular weight is 247 g/mol. The molecule has 0 aliphatic rings. The molecule has 0 radical (unpaired) electrons. The monoisotopic (exact) mass is 247 g/mol. The smallest absolute Gasteiger partial charge is 0.307 e. The molecule has 0 aromatic heterocycles. The van der Waals surface area contributed by atoms with Crippen molar-refractivity contribution in [3.8, 4) is 0 Å². The van der Waals surface area contributed by atoms with Crippen LogP contribution < -0.4 is 0 Å². The highest BCUT2D eigenvalue weighted by molar-refractivity contribution is 5.69. The summed E-state index contributed by atoms with van der Waals surface area (Å²) in [6.45, 7) is 9.49. The summed E-state index contributed by atoms with van der Waals surface area (Å²) in [6.07, 6.45) is 1.81. The molecule has 1 N–H and O–H groups in total. The fourth-order valence-electron chi connectivity index (χ4n) is 1.80. The number of hydrogen-bond donors (Lipinski definition) is 1. The molecular formula is C15H21NO2. The van der Waals surface area contributed by atoms with Gasteiger partial charge in [0.15, 0.2) is 0 Å². The van der Waals surface area contributed by atoms with E-state index in [1.54, 1.807) is 6.92 Å². The first-order valence-electron chi connectivity index (χ1n) is 6.14. The van der Waals surface area contributed by atoms with Crippen LogP contribution in [-0.2, 0) is 11.3 Å². The van der Waals surface area contributed by atoms with E-state index in [0.717, 1.165) is 6.54 Å². The van der Waals surface area contributed by atoms with Crippen LogP contribution in [0.2, 0.25) is 0 Å². The van der Waals surface area contributed by atoms with Gasteiger partial charge in [-0.15, -0.1) is 6.58 Å². The van der Waals surface area contributed by atoms with Crippen LogP contribution in [0.4, 0.5) is 0 Å². The minimum absolute atomic E-state index is 0.365. The lowest BCUT2D eigenvalue weighted by Crippen LogP contribution is -2.31. The van der Waals surface area contributed by atoms with E-state index in [4.69, 9.17) is 5.11 Å². The van der Waals surface area contributed by atoms with Crippen LogP contribution in [0.5, 0.6) is 0 Å². The maximum atomic E-state index is 10.9. The molecule has 98 valence electrons. The fraction of sp³-hybridized carbons (Fsp3) is 0.400. The Bertz CT molecular complexity index is 397. The maximum Gasteiger partial charge on any atom is 0.307 e. The van der Waals surface area contributed by atoms with Crippen molar-refractivity contribution < 1.29 is 9.90 Å². The summed E-state index contributed by atoms with van der Waals surface area (Å²) in [5.74, 6) is -1.12. The van der Waals surface area contributed by atoms with Gasteiger partial charge in [0.25, 0.3) is 0 Å². The molecule has 1 aromatic carbocycles. The molecule has 1 unspecified atom stereocenters. The molecule has 1 rings (SSSR count). The molecule has 1 aromatic rings. The molecule has 0 saturated heterocycles. The van der Waals surface area contributed by atoms with E-state index in [-0.39, 0.29) is 5.92 Å². The van der Waals surface area contributed by atoms with Crippen LogP contribution in [0.3, 0.4) is 0 Å². The molecule has 0 fully saturated rings. The van der Waals surface area contributed by atoms with Crippen LogP contribution in [-0.4, -0.2) is 29.1 Å². The van der Waals surface area contributed by atoms with Gasteiger partial charge in [0.1, 0.15) is 0 Å². The van der Waals surface area contributed by atoms with Crippen molar-refractivity contribution in [2.75, 3.05) is 13.1 Å². The minimum Gasteiger partial charge on any atom is -0.481 e. The zero-order valence-electron chi connectivity index (χ0n) is 11.1. The number of carboxylic acids is 1.